The molecule has 0 unspecified atom stereocenters. The van der Waals surface area contributed by atoms with Gasteiger partial charge < -0.3 is 10.3 Å². The molecule has 0 fully saturated rings. The normalized spacial score (nSPS) is 11.1. The van der Waals surface area contributed by atoms with Crippen molar-refractivity contribution in [3.8, 4) is 11.3 Å². The number of H-pyrrole nitrogens is 1. The predicted molar refractivity (Wildman–Crippen MR) is 65.2 cm³/mol. The number of nitrogens with one attached hydrogen (secondary N) is 1. The van der Waals surface area contributed by atoms with Crippen molar-refractivity contribution in [3.63, 3.8) is 0 Å². The zero-order valence-electron chi connectivity index (χ0n) is 9.38. The number of aromatic nitrogens is 5. The summed E-state index contributed by atoms with van der Waals surface area (Å²) in [7, 11) is 0. The lowest BCUT2D eigenvalue weighted by atomic mass is 10.2. The first-order valence-electron chi connectivity index (χ1n) is 5.40. The van der Waals surface area contributed by atoms with Gasteiger partial charge in [0.25, 0.3) is 0 Å². The van der Waals surface area contributed by atoms with Gasteiger partial charge in [-0.3, -0.25) is 5.10 Å². The Balaban J connectivity index is 2.39. The molecule has 3 aromatic heterocycles. The van der Waals surface area contributed by atoms with Crippen molar-refractivity contribution in [2.24, 2.45) is 0 Å². The molecule has 3 aromatic rings. The molecule has 0 bridgehead atoms. The second kappa shape index (κ2) is 3.58. The Morgan fingerprint density at radius 2 is 2.29 bits per heavy atom. The molecule has 3 rings (SSSR count). The third kappa shape index (κ3) is 1.37. The fourth-order valence-electron chi connectivity index (χ4n) is 2.00. The van der Waals surface area contributed by atoms with Gasteiger partial charge in [0.15, 0.2) is 0 Å². The molecular weight excluding hydrogens is 216 g/mol. The van der Waals surface area contributed by atoms with E-state index in [4.69, 9.17) is 5.73 Å². The van der Waals surface area contributed by atoms with Crippen molar-refractivity contribution < 1.29 is 0 Å². The third-order valence-electron chi connectivity index (χ3n) is 2.81. The summed E-state index contributed by atoms with van der Waals surface area (Å²) in [6.07, 6.45) is 5.22. The number of nitrogen functional groups attached to an aromatic ring is 1. The van der Waals surface area contributed by atoms with Crippen LogP contribution in [-0.2, 0) is 6.54 Å². The fraction of sp³-hybridized carbons (Fsp3) is 0.182. The zero-order chi connectivity index (χ0) is 11.8. The predicted octanol–water partition coefficient (Wildman–Crippen LogP) is 1.42. The minimum Gasteiger partial charge on any atom is -0.383 e. The first-order chi connectivity index (χ1) is 8.31. The molecule has 0 saturated carbocycles. The van der Waals surface area contributed by atoms with E-state index in [-0.39, 0.29) is 0 Å². The Hall–Kier alpha value is -2.37. The monoisotopic (exact) mass is 228 g/mol. The first kappa shape index (κ1) is 9.83. The average molecular weight is 228 g/mol. The molecule has 0 aliphatic heterocycles. The zero-order valence-corrected chi connectivity index (χ0v) is 9.38. The maximum Gasteiger partial charge on any atom is 0.146 e. The topological polar surface area (TPSA) is 85.4 Å². The van der Waals surface area contributed by atoms with Crippen molar-refractivity contribution >= 4 is 16.9 Å². The number of anilines is 1. The molecule has 0 spiro atoms. The Morgan fingerprint density at radius 3 is 3.00 bits per heavy atom. The van der Waals surface area contributed by atoms with Gasteiger partial charge in [0, 0.05) is 24.5 Å². The number of hydrogen-bond acceptors (Lipinski definition) is 4. The van der Waals surface area contributed by atoms with Gasteiger partial charge in [0.05, 0.1) is 11.1 Å². The van der Waals surface area contributed by atoms with Gasteiger partial charge in [-0.1, -0.05) is 0 Å². The van der Waals surface area contributed by atoms with Crippen LogP contribution in [-0.4, -0.2) is 24.7 Å². The number of fused-ring (bicyclic) bond motifs is 1. The van der Waals surface area contributed by atoms with Crippen molar-refractivity contribution in [1.82, 2.24) is 24.7 Å². The molecule has 0 radical (unpaired) electrons. The summed E-state index contributed by atoms with van der Waals surface area (Å²) < 4.78 is 2.05. The molecule has 0 amide bonds. The van der Waals surface area contributed by atoms with Gasteiger partial charge in [-0.05, 0) is 13.0 Å². The Bertz CT molecular complexity index is 652. The summed E-state index contributed by atoms with van der Waals surface area (Å²) in [5.41, 5.74) is 8.69. The van der Waals surface area contributed by atoms with Crippen LogP contribution in [0.15, 0.2) is 24.8 Å². The van der Waals surface area contributed by atoms with Gasteiger partial charge in [0.2, 0.25) is 0 Å². The number of rotatable bonds is 2. The summed E-state index contributed by atoms with van der Waals surface area (Å²) in [5.74, 6) is 0.492. The molecule has 86 valence electrons. The minimum atomic E-state index is 0.492. The van der Waals surface area contributed by atoms with Gasteiger partial charge >= 0.3 is 0 Å². The molecule has 0 atom stereocenters. The van der Waals surface area contributed by atoms with Crippen LogP contribution in [0.5, 0.6) is 0 Å². The van der Waals surface area contributed by atoms with Crippen LogP contribution in [0.25, 0.3) is 22.3 Å². The Labute approximate surface area is 97.5 Å². The largest absolute Gasteiger partial charge is 0.383 e. The first-order valence-corrected chi connectivity index (χ1v) is 5.40. The highest BCUT2D eigenvalue weighted by atomic mass is 15.1. The fourth-order valence-corrected chi connectivity index (χ4v) is 2.00. The van der Waals surface area contributed by atoms with Crippen LogP contribution >= 0.6 is 0 Å². The van der Waals surface area contributed by atoms with E-state index in [1.54, 1.807) is 6.20 Å². The highest BCUT2D eigenvalue weighted by Gasteiger charge is 2.14. The van der Waals surface area contributed by atoms with Gasteiger partial charge in [-0.15, -0.1) is 0 Å². The minimum absolute atomic E-state index is 0.492. The van der Waals surface area contributed by atoms with E-state index in [0.29, 0.717) is 5.82 Å². The van der Waals surface area contributed by atoms with Crippen LogP contribution in [0.3, 0.4) is 0 Å². The molecule has 0 aliphatic rings. The second-order valence-corrected chi connectivity index (χ2v) is 3.76. The molecule has 6 heteroatoms. The van der Waals surface area contributed by atoms with Crippen LogP contribution in [0.2, 0.25) is 0 Å². The number of nitrogens with two attached hydrogens (primary N) is 1. The molecule has 3 N–H and O–H groups in total. The standard InChI is InChI=1S/C11H12N6/c1-2-17-5-7(8-3-4-15-16-8)9-10(12)13-6-14-11(9)17/h3-6H,2H2,1H3,(H,15,16)(H2,12,13,14). The van der Waals surface area contributed by atoms with Crippen molar-refractivity contribution in [3.05, 3.63) is 24.8 Å². The highest BCUT2D eigenvalue weighted by Crippen LogP contribution is 2.30. The van der Waals surface area contributed by atoms with Gasteiger partial charge in [-0.2, -0.15) is 5.10 Å². The summed E-state index contributed by atoms with van der Waals surface area (Å²) in [5, 5.41) is 7.76. The van der Waals surface area contributed by atoms with E-state index in [0.717, 1.165) is 28.8 Å². The van der Waals surface area contributed by atoms with E-state index < -0.39 is 0 Å². The Morgan fingerprint density at radius 1 is 1.41 bits per heavy atom. The van der Waals surface area contributed by atoms with Crippen molar-refractivity contribution in [2.75, 3.05) is 5.73 Å². The SMILES string of the molecule is CCn1cc(-c2ccn[nH]2)c2c(N)ncnc21. The molecular formula is C11H12N6. The van der Waals surface area contributed by atoms with E-state index in [1.165, 1.54) is 6.33 Å². The van der Waals surface area contributed by atoms with Crippen LogP contribution < -0.4 is 5.73 Å². The van der Waals surface area contributed by atoms with Crippen molar-refractivity contribution in [1.29, 1.82) is 0 Å². The summed E-state index contributed by atoms with van der Waals surface area (Å²) in [6.45, 7) is 2.90. The molecule has 3 heterocycles. The van der Waals surface area contributed by atoms with Gasteiger partial charge in [-0.25, -0.2) is 9.97 Å². The molecule has 6 nitrogen and oxygen atoms in total. The summed E-state index contributed by atoms with van der Waals surface area (Å²) >= 11 is 0. The molecule has 0 aliphatic carbocycles. The van der Waals surface area contributed by atoms with E-state index >= 15 is 0 Å². The quantitative estimate of drug-likeness (QED) is 0.694. The van der Waals surface area contributed by atoms with E-state index in [2.05, 4.69) is 27.1 Å². The number of aryl methyl sites for hydroxylation is 1. The highest BCUT2D eigenvalue weighted by molar-refractivity contribution is 5.99. The summed E-state index contributed by atoms with van der Waals surface area (Å²) in [6, 6.07) is 1.90. The average Bonchev–Trinajstić information content (AvgIpc) is 2.95. The molecule has 17 heavy (non-hydrogen) atoms. The number of nitrogens with zero attached hydrogens (tertiary/aromatic N) is 4. The smallest absolute Gasteiger partial charge is 0.146 e. The van der Waals surface area contributed by atoms with Crippen LogP contribution in [0.4, 0.5) is 5.82 Å². The lowest BCUT2D eigenvalue weighted by molar-refractivity contribution is 0.787. The van der Waals surface area contributed by atoms with Crippen LogP contribution in [0, 0.1) is 0 Å². The number of aromatic amines is 1. The second-order valence-electron chi connectivity index (χ2n) is 3.76. The lowest BCUT2D eigenvalue weighted by Gasteiger charge is -1.99. The van der Waals surface area contributed by atoms with Gasteiger partial charge in [0.1, 0.15) is 17.8 Å². The maximum absolute atomic E-state index is 5.93. The van der Waals surface area contributed by atoms with Crippen LogP contribution in [0.1, 0.15) is 6.92 Å². The molecule has 0 aromatic carbocycles. The maximum atomic E-state index is 5.93. The van der Waals surface area contributed by atoms with E-state index in [1.807, 2.05) is 16.8 Å². The Kier molecular flexibility index (Phi) is 2.07. The summed E-state index contributed by atoms with van der Waals surface area (Å²) in [4.78, 5) is 8.33. The molecule has 0 saturated heterocycles. The lowest BCUT2D eigenvalue weighted by Crippen LogP contribution is -1.96. The van der Waals surface area contributed by atoms with Crippen molar-refractivity contribution in [2.45, 2.75) is 13.5 Å². The number of hydrogen-bond donors (Lipinski definition) is 2. The third-order valence-corrected chi connectivity index (χ3v) is 2.81. The van der Waals surface area contributed by atoms with E-state index in [9.17, 15) is 0 Å².